The van der Waals surface area contributed by atoms with Crippen molar-refractivity contribution in [2.45, 2.75) is 37.7 Å². The second-order valence-electron chi connectivity index (χ2n) is 4.10. The van der Waals surface area contributed by atoms with Gasteiger partial charge in [-0.15, -0.1) is 0 Å². The van der Waals surface area contributed by atoms with Gasteiger partial charge in [-0.3, -0.25) is 4.79 Å². The van der Waals surface area contributed by atoms with Crippen LogP contribution in [0.25, 0.3) is 0 Å². The first-order chi connectivity index (χ1) is 7.85. The molecule has 0 aromatic carbocycles. The molecule has 3 nitrogen and oxygen atoms in total. The van der Waals surface area contributed by atoms with Gasteiger partial charge in [0.1, 0.15) is 0 Å². The highest BCUT2D eigenvalue weighted by molar-refractivity contribution is 5.83. The normalized spacial score (nSPS) is 21.6. The van der Waals surface area contributed by atoms with Gasteiger partial charge < -0.3 is 9.64 Å². The highest BCUT2D eigenvalue weighted by Crippen LogP contribution is 2.25. The van der Waals surface area contributed by atoms with Gasteiger partial charge >= 0.3 is 12.3 Å². The van der Waals surface area contributed by atoms with E-state index in [0.29, 0.717) is 17.9 Å². The highest BCUT2D eigenvalue weighted by Gasteiger charge is 2.50. The number of nitrogens with zero attached hydrogens (tertiary/aromatic N) is 1. The van der Waals surface area contributed by atoms with Crippen LogP contribution in [0.15, 0.2) is 0 Å². The molecule has 1 aliphatic rings. The molecule has 1 amide bonds. The van der Waals surface area contributed by atoms with Gasteiger partial charge in [-0.2, -0.15) is 8.78 Å². The van der Waals surface area contributed by atoms with Crippen LogP contribution in [0.4, 0.5) is 17.6 Å². The monoisotopic (exact) mass is 257 g/mol. The zero-order valence-corrected chi connectivity index (χ0v) is 9.47. The zero-order valence-electron chi connectivity index (χ0n) is 9.47. The Kier molecular flexibility index (Phi) is 4.73. The molecule has 1 rings (SSSR count). The molecule has 100 valence electrons. The summed E-state index contributed by atoms with van der Waals surface area (Å²) in [5, 5.41) is 0. The summed E-state index contributed by atoms with van der Waals surface area (Å²) in [5.74, 6) is -6.48. The van der Waals surface area contributed by atoms with E-state index in [1.807, 2.05) is 0 Å². The molecule has 0 saturated carbocycles. The number of carbonyl (C=O) groups excluding carboxylic acids is 1. The molecule has 0 aromatic heterocycles. The van der Waals surface area contributed by atoms with Crippen LogP contribution < -0.4 is 0 Å². The largest absolute Gasteiger partial charge is 0.383 e. The molecule has 1 unspecified atom stereocenters. The fraction of sp³-hybridized carbons (Fsp3) is 0.900. The molecule has 7 heteroatoms. The van der Waals surface area contributed by atoms with Crippen molar-refractivity contribution in [1.29, 1.82) is 0 Å². The lowest BCUT2D eigenvalue weighted by Gasteiger charge is -2.29. The maximum absolute atomic E-state index is 12.8. The summed E-state index contributed by atoms with van der Waals surface area (Å²) in [5.41, 5.74) is 0. The van der Waals surface area contributed by atoms with E-state index < -0.39 is 18.3 Å². The number of halogens is 4. The molecular weight excluding hydrogens is 242 g/mol. The van der Waals surface area contributed by atoms with Crippen molar-refractivity contribution in [2.75, 3.05) is 20.2 Å². The van der Waals surface area contributed by atoms with Crippen LogP contribution in [0.5, 0.6) is 0 Å². The predicted octanol–water partition coefficient (Wildman–Crippen LogP) is 1.91. The lowest BCUT2D eigenvalue weighted by Crippen LogP contribution is -2.48. The first kappa shape index (κ1) is 14.2. The third kappa shape index (κ3) is 3.55. The maximum Gasteiger partial charge on any atom is 0.383 e. The topological polar surface area (TPSA) is 29.5 Å². The average Bonchev–Trinajstić information content (AvgIpc) is 2.29. The van der Waals surface area contributed by atoms with E-state index in [4.69, 9.17) is 4.74 Å². The van der Waals surface area contributed by atoms with E-state index >= 15 is 0 Å². The van der Waals surface area contributed by atoms with Crippen LogP contribution in [0, 0.1) is 0 Å². The van der Waals surface area contributed by atoms with Crippen molar-refractivity contribution in [1.82, 2.24) is 4.90 Å². The Morgan fingerprint density at radius 3 is 2.59 bits per heavy atom. The summed E-state index contributed by atoms with van der Waals surface area (Å²) in [7, 11) is 1.08. The molecule has 1 atom stereocenters. The molecular formula is C10H15F4NO2. The van der Waals surface area contributed by atoms with Gasteiger partial charge in [-0.1, -0.05) is 0 Å². The molecule has 1 heterocycles. The molecule has 1 saturated heterocycles. The van der Waals surface area contributed by atoms with E-state index in [9.17, 15) is 22.4 Å². The molecule has 0 bridgehead atoms. The number of amides is 1. The van der Waals surface area contributed by atoms with Crippen molar-refractivity contribution >= 4 is 5.91 Å². The smallest absolute Gasteiger partial charge is 0.376 e. The van der Waals surface area contributed by atoms with E-state index in [0.717, 1.165) is 19.9 Å². The van der Waals surface area contributed by atoms with Crippen LogP contribution in [0.2, 0.25) is 0 Å². The molecule has 0 N–H and O–H groups in total. The van der Waals surface area contributed by atoms with Gasteiger partial charge in [0.25, 0.3) is 5.91 Å². The van der Waals surface area contributed by atoms with Crippen molar-refractivity contribution in [3.8, 4) is 0 Å². The Morgan fingerprint density at radius 1 is 1.47 bits per heavy atom. The van der Waals surface area contributed by atoms with E-state index in [-0.39, 0.29) is 12.6 Å². The molecule has 1 fully saturated rings. The van der Waals surface area contributed by atoms with Crippen LogP contribution in [-0.2, 0) is 9.53 Å². The number of carbonyl (C=O) groups is 1. The minimum Gasteiger partial charge on any atom is -0.376 e. The summed E-state index contributed by atoms with van der Waals surface area (Å²) in [6, 6.07) is 0. The zero-order chi connectivity index (χ0) is 13.1. The van der Waals surface area contributed by atoms with Crippen LogP contribution in [0.3, 0.4) is 0 Å². The van der Waals surface area contributed by atoms with Gasteiger partial charge in [0.05, 0.1) is 6.10 Å². The summed E-state index contributed by atoms with van der Waals surface area (Å²) < 4.78 is 54.7. The van der Waals surface area contributed by atoms with Gasteiger partial charge in [0.15, 0.2) is 0 Å². The van der Waals surface area contributed by atoms with E-state index in [1.165, 1.54) is 0 Å². The fourth-order valence-corrected chi connectivity index (χ4v) is 1.69. The van der Waals surface area contributed by atoms with Gasteiger partial charge in [-0.25, -0.2) is 8.78 Å². The van der Waals surface area contributed by atoms with Gasteiger partial charge in [-0.05, 0) is 19.3 Å². The third-order valence-electron chi connectivity index (χ3n) is 2.66. The second kappa shape index (κ2) is 5.66. The Balaban J connectivity index is 2.51. The number of alkyl halides is 4. The van der Waals surface area contributed by atoms with E-state index in [1.54, 1.807) is 0 Å². The fourth-order valence-electron chi connectivity index (χ4n) is 1.69. The van der Waals surface area contributed by atoms with E-state index in [2.05, 4.69) is 0 Å². The Hall–Kier alpha value is -0.850. The van der Waals surface area contributed by atoms with Gasteiger partial charge in [0, 0.05) is 20.2 Å². The Morgan fingerprint density at radius 2 is 2.12 bits per heavy atom. The number of likely N-dealkylation sites (N-methyl/N-ethyl adjacent to an activating group) is 1. The van der Waals surface area contributed by atoms with Crippen molar-refractivity contribution in [2.24, 2.45) is 0 Å². The number of ether oxygens (including phenoxy) is 1. The molecule has 0 spiro atoms. The number of rotatable bonds is 4. The molecule has 0 aliphatic carbocycles. The number of hydrogen-bond acceptors (Lipinski definition) is 2. The molecule has 1 aliphatic heterocycles. The lowest BCUT2D eigenvalue weighted by molar-refractivity contribution is -0.181. The van der Waals surface area contributed by atoms with Crippen molar-refractivity contribution < 1.29 is 27.1 Å². The Labute approximate surface area is 96.7 Å². The Bertz CT molecular complexity index is 267. The third-order valence-corrected chi connectivity index (χ3v) is 2.66. The van der Waals surface area contributed by atoms with Crippen LogP contribution in [0.1, 0.15) is 19.3 Å². The molecule has 0 radical (unpaired) electrons. The quantitative estimate of drug-likeness (QED) is 0.720. The summed E-state index contributed by atoms with van der Waals surface area (Å²) in [4.78, 5) is 11.7. The van der Waals surface area contributed by atoms with Crippen LogP contribution in [-0.4, -0.2) is 49.5 Å². The molecule has 0 aromatic rings. The average molecular weight is 257 g/mol. The standard InChI is InChI=1S/C10H15F4NO2/c1-15(6-7-4-2-3-5-17-7)9(16)10(13,14)8(11)12/h7-8H,2-6H2,1H3. The molecule has 17 heavy (non-hydrogen) atoms. The minimum absolute atomic E-state index is 0.0822. The summed E-state index contributed by atoms with van der Waals surface area (Å²) >= 11 is 0. The first-order valence-corrected chi connectivity index (χ1v) is 5.39. The first-order valence-electron chi connectivity index (χ1n) is 5.39. The minimum atomic E-state index is -4.62. The summed E-state index contributed by atoms with van der Waals surface area (Å²) in [6.07, 6.45) is -1.90. The summed E-state index contributed by atoms with van der Waals surface area (Å²) in [6.45, 7) is 0.430. The number of hydrogen-bond donors (Lipinski definition) is 0. The predicted molar refractivity (Wildman–Crippen MR) is 52.2 cm³/mol. The van der Waals surface area contributed by atoms with Gasteiger partial charge in [0.2, 0.25) is 0 Å². The lowest BCUT2D eigenvalue weighted by atomic mass is 10.1. The SMILES string of the molecule is CN(CC1CCCCO1)C(=O)C(F)(F)C(F)F. The maximum atomic E-state index is 12.8. The van der Waals surface area contributed by atoms with Crippen molar-refractivity contribution in [3.63, 3.8) is 0 Å². The second-order valence-corrected chi connectivity index (χ2v) is 4.10. The highest BCUT2D eigenvalue weighted by atomic mass is 19.3. The van der Waals surface area contributed by atoms with Crippen molar-refractivity contribution in [3.05, 3.63) is 0 Å². The van der Waals surface area contributed by atoms with Crippen LogP contribution >= 0.6 is 0 Å².